The molecule has 27 heavy (non-hydrogen) atoms. The van der Waals surface area contributed by atoms with E-state index in [0.717, 1.165) is 16.6 Å². The summed E-state index contributed by atoms with van der Waals surface area (Å²) >= 11 is 3.52. The summed E-state index contributed by atoms with van der Waals surface area (Å²) < 4.78 is 21.6. The minimum absolute atomic E-state index is 0.205. The van der Waals surface area contributed by atoms with E-state index in [-0.39, 0.29) is 5.82 Å². The molecule has 4 N–H and O–H groups in total. The Morgan fingerprint density at radius 2 is 2.15 bits per heavy atom. The number of benzene rings is 1. The molecule has 3 aromatic rings. The van der Waals surface area contributed by atoms with Gasteiger partial charge in [-0.25, -0.2) is 15.2 Å². The smallest absolute Gasteiger partial charge is 0.157 e. The van der Waals surface area contributed by atoms with E-state index in [2.05, 4.69) is 25.9 Å². The van der Waals surface area contributed by atoms with Crippen molar-refractivity contribution in [2.75, 3.05) is 35.8 Å². The van der Waals surface area contributed by atoms with Crippen LogP contribution in [-0.4, -0.2) is 30.2 Å². The van der Waals surface area contributed by atoms with Crippen molar-refractivity contribution in [3.05, 3.63) is 40.9 Å². The Balaban J connectivity index is 2.04. The van der Waals surface area contributed by atoms with E-state index < -0.39 is 5.82 Å². The number of hydrogen-bond donors (Lipinski definition) is 2. The Morgan fingerprint density at radius 1 is 1.33 bits per heavy atom. The summed E-state index contributed by atoms with van der Waals surface area (Å²) in [4.78, 5) is 10.4. The first-order chi connectivity index (χ1) is 13.0. The van der Waals surface area contributed by atoms with Gasteiger partial charge in [0.25, 0.3) is 0 Å². The topological polar surface area (TPSA) is 93.5 Å². The maximum absolute atomic E-state index is 14.9. The van der Waals surface area contributed by atoms with Crippen molar-refractivity contribution in [1.29, 1.82) is 0 Å². The SMILES string of the molecule is CN(N)c1c(N)nc(N2CCCOc3c(Br)cccc32)c2c(F)cncc12. The molecule has 7 nitrogen and oxygen atoms in total. The van der Waals surface area contributed by atoms with Gasteiger partial charge in [0, 0.05) is 25.2 Å². The Bertz CT molecular complexity index is 1030. The van der Waals surface area contributed by atoms with Crippen molar-refractivity contribution >= 4 is 49.7 Å². The third kappa shape index (κ3) is 2.92. The van der Waals surface area contributed by atoms with Gasteiger partial charge in [0.15, 0.2) is 17.4 Å². The summed E-state index contributed by atoms with van der Waals surface area (Å²) in [6.45, 7) is 1.15. The molecule has 0 bridgehead atoms. The number of rotatable bonds is 2. The summed E-state index contributed by atoms with van der Waals surface area (Å²) in [5, 5.41) is 2.15. The first kappa shape index (κ1) is 17.7. The Hall–Kier alpha value is -2.65. The Kier molecular flexibility index (Phi) is 4.48. The summed E-state index contributed by atoms with van der Waals surface area (Å²) in [5.41, 5.74) is 7.41. The van der Waals surface area contributed by atoms with Crippen LogP contribution in [0.4, 0.5) is 27.4 Å². The maximum atomic E-state index is 14.9. The van der Waals surface area contributed by atoms with Crippen LogP contribution in [0.15, 0.2) is 35.1 Å². The highest BCUT2D eigenvalue weighted by Gasteiger charge is 2.26. The lowest BCUT2D eigenvalue weighted by Crippen LogP contribution is -2.28. The van der Waals surface area contributed by atoms with Crippen LogP contribution in [0.3, 0.4) is 0 Å². The number of nitrogen functional groups attached to an aromatic ring is 1. The van der Waals surface area contributed by atoms with Crippen molar-refractivity contribution in [1.82, 2.24) is 9.97 Å². The fourth-order valence-corrected chi connectivity index (χ4v) is 3.83. The van der Waals surface area contributed by atoms with E-state index in [1.165, 1.54) is 11.2 Å². The monoisotopic (exact) mass is 432 g/mol. The Labute approximate surface area is 163 Å². The quantitative estimate of drug-likeness (QED) is 0.473. The first-order valence-corrected chi connectivity index (χ1v) is 9.18. The number of nitrogens with two attached hydrogens (primary N) is 2. The van der Waals surface area contributed by atoms with Gasteiger partial charge >= 0.3 is 0 Å². The number of ether oxygens (including phenoxy) is 1. The molecule has 0 saturated heterocycles. The van der Waals surface area contributed by atoms with Crippen molar-refractivity contribution in [2.24, 2.45) is 5.84 Å². The van der Waals surface area contributed by atoms with E-state index in [0.29, 0.717) is 41.2 Å². The molecule has 0 atom stereocenters. The predicted octanol–water partition coefficient (Wildman–Crippen LogP) is 3.34. The van der Waals surface area contributed by atoms with Gasteiger partial charge in [-0.3, -0.25) is 4.98 Å². The van der Waals surface area contributed by atoms with Gasteiger partial charge in [-0.1, -0.05) is 6.07 Å². The highest BCUT2D eigenvalue weighted by molar-refractivity contribution is 9.10. The van der Waals surface area contributed by atoms with Gasteiger partial charge in [-0.2, -0.15) is 0 Å². The van der Waals surface area contributed by atoms with Gasteiger partial charge in [-0.15, -0.1) is 0 Å². The molecule has 0 amide bonds. The van der Waals surface area contributed by atoms with E-state index in [1.807, 2.05) is 23.1 Å². The third-order valence-corrected chi connectivity index (χ3v) is 5.09. The second-order valence-electron chi connectivity index (χ2n) is 6.27. The minimum atomic E-state index is -0.486. The van der Waals surface area contributed by atoms with Crippen LogP contribution in [0.25, 0.3) is 10.8 Å². The number of para-hydroxylation sites is 1. The lowest BCUT2D eigenvalue weighted by atomic mass is 10.1. The number of hydrogen-bond acceptors (Lipinski definition) is 7. The lowest BCUT2D eigenvalue weighted by Gasteiger charge is -2.27. The lowest BCUT2D eigenvalue weighted by molar-refractivity contribution is 0.321. The molecule has 0 aliphatic carbocycles. The van der Waals surface area contributed by atoms with Gasteiger partial charge in [0.1, 0.15) is 11.5 Å². The van der Waals surface area contributed by atoms with Crippen LogP contribution < -0.4 is 26.2 Å². The van der Waals surface area contributed by atoms with Crippen molar-refractivity contribution in [2.45, 2.75) is 6.42 Å². The maximum Gasteiger partial charge on any atom is 0.157 e. The van der Waals surface area contributed by atoms with Gasteiger partial charge in [0.05, 0.1) is 28.4 Å². The van der Waals surface area contributed by atoms with Gasteiger partial charge in [-0.05, 0) is 34.5 Å². The van der Waals surface area contributed by atoms with E-state index >= 15 is 0 Å². The second-order valence-corrected chi connectivity index (χ2v) is 7.12. The summed E-state index contributed by atoms with van der Waals surface area (Å²) in [6.07, 6.45) is 3.46. The molecule has 0 unspecified atom stereocenters. The number of fused-ring (bicyclic) bond motifs is 2. The summed E-state index contributed by atoms with van der Waals surface area (Å²) in [5.74, 6) is 6.73. The summed E-state index contributed by atoms with van der Waals surface area (Å²) in [6, 6.07) is 5.71. The fourth-order valence-electron chi connectivity index (χ4n) is 3.36. The molecular formula is C18H18BrFN6O. The number of anilines is 4. The van der Waals surface area contributed by atoms with Crippen molar-refractivity contribution in [3.8, 4) is 5.75 Å². The number of halogens is 2. The molecule has 2 aromatic heterocycles. The molecule has 1 aliphatic heterocycles. The van der Waals surface area contributed by atoms with Crippen LogP contribution in [0.5, 0.6) is 5.75 Å². The predicted molar refractivity (Wildman–Crippen MR) is 108 cm³/mol. The average molecular weight is 433 g/mol. The largest absolute Gasteiger partial charge is 0.490 e. The zero-order valence-corrected chi connectivity index (χ0v) is 16.2. The van der Waals surface area contributed by atoms with E-state index in [1.54, 1.807) is 13.2 Å². The molecule has 0 radical (unpaired) electrons. The number of nitrogens with zero attached hydrogens (tertiary/aromatic N) is 4. The zero-order valence-electron chi connectivity index (χ0n) is 14.6. The Morgan fingerprint density at radius 3 is 2.93 bits per heavy atom. The van der Waals surface area contributed by atoms with Crippen LogP contribution in [-0.2, 0) is 0 Å². The number of hydrazine groups is 1. The van der Waals surface area contributed by atoms with E-state index in [9.17, 15) is 4.39 Å². The van der Waals surface area contributed by atoms with Gasteiger partial charge < -0.3 is 20.4 Å². The molecule has 0 saturated carbocycles. The average Bonchev–Trinajstić information content (AvgIpc) is 2.84. The molecule has 0 spiro atoms. The molecule has 0 fully saturated rings. The standard InChI is InChI=1S/C18H18BrFN6O/c1-25(22)15-10-8-23-9-12(20)14(10)18(24-17(15)21)26-6-3-7-27-16-11(19)4-2-5-13(16)26/h2,4-5,8-9H,3,6-7,22H2,1H3,(H2,21,24). The van der Waals surface area contributed by atoms with Crippen LogP contribution in [0, 0.1) is 5.82 Å². The highest BCUT2D eigenvalue weighted by atomic mass is 79.9. The molecule has 3 heterocycles. The first-order valence-electron chi connectivity index (χ1n) is 8.39. The van der Waals surface area contributed by atoms with Crippen molar-refractivity contribution < 1.29 is 9.13 Å². The molecule has 140 valence electrons. The summed E-state index contributed by atoms with van der Waals surface area (Å²) in [7, 11) is 1.63. The number of aromatic nitrogens is 2. The van der Waals surface area contributed by atoms with Crippen LogP contribution in [0.1, 0.15) is 6.42 Å². The fraction of sp³-hybridized carbons (Fsp3) is 0.222. The molecule has 1 aliphatic rings. The van der Waals surface area contributed by atoms with E-state index in [4.69, 9.17) is 16.3 Å². The second kappa shape index (κ2) is 6.82. The molecule has 9 heteroatoms. The zero-order chi connectivity index (χ0) is 19.1. The normalized spacial score (nSPS) is 13.9. The van der Waals surface area contributed by atoms with Crippen LogP contribution in [0.2, 0.25) is 0 Å². The third-order valence-electron chi connectivity index (χ3n) is 4.47. The molecular weight excluding hydrogens is 415 g/mol. The number of pyridine rings is 2. The van der Waals surface area contributed by atoms with Gasteiger partial charge in [0.2, 0.25) is 0 Å². The van der Waals surface area contributed by atoms with Crippen LogP contribution >= 0.6 is 15.9 Å². The minimum Gasteiger partial charge on any atom is -0.490 e. The molecule has 1 aromatic carbocycles. The highest BCUT2D eigenvalue weighted by Crippen LogP contribution is 2.44. The van der Waals surface area contributed by atoms with Crippen molar-refractivity contribution in [3.63, 3.8) is 0 Å². The molecule has 4 rings (SSSR count).